The minimum absolute atomic E-state index is 0.0800. The SMILES string of the molecule is CC(C)(CO)CCCNC(=O)c1coc(Br)c1. The van der Waals surface area contributed by atoms with Crippen molar-refractivity contribution >= 4 is 21.8 Å². The highest BCUT2D eigenvalue weighted by atomic mass is 79.9. The van der Waals surface area contributed by atoms with Gasteiger partial charge in [0, 0.05) is 19.2 Å². The first-order chi connectivity index (χ1) is 7.94. The highest BCUT2D eigenvalue weighted by Crippen LogP contribution is 2.20. The zero-order valence-corrected chi connectivity index (χ0v) is 11.7. The summed E-state index contributed by atoms with van der Waals surface area (Å²) in [5.74, 6) is -0.138. The fraction of sp³-hybridized carbons (Fsp3) is 0.583. The largest absolute Gasteiger partial charge is 0.457 e. The van der Waals surface area contributed by atoms with Crippen molar-refractivity contribution in [2.75, 3.05) is 13.2 Å². The summed E-state index contributed by atoms with van der Waals surface area (Å²) in [5.41, 5.74) is 0.432. The van der Waals surface area contributed by atoms with Gasteiger partial charge < -0.3 is 14.8 Å². The molecule has 0 saturated carbocycles. The van der Waals surface area contributed by atoms with Gasteiger partial charge in [0.25, 0.3) is 5.91 Å². The Balaban J connectivity index is 2.26. The predicted octanol–water partition coefficient (Wildman–Crippen LogP) is 2.57. The number of aliphatic hydroxyl groups is 1. The Morgan fingerprint density at radius 1 is 1.59 bits per heavy atom. The summed E-state index contributed by atoms with van der Waals surface area (Å²) in [4.78, 5) is 11.6. The first-order valence-electron chi connectivity index (χ1n) is 5.58. The molecule has 5 heteroatoms. The van der Waals surface area contributed by atoms with Crippen molar-refractivity contribution in [2.45, 2.75) is 26.7 Å². The number of hydrogen-bond donors (Lipinski definition) is 2. The van der Waals surface area contributed by atoms with Crippen LogP contribution in [0.15, 0.2) is 21.4 Å². The van der Waals surface area contributed by atoms with Crippen molar-refractivity contribution in [3.8, 4) is 0 Å². The van der Waals surface area contributed by atoms with E-state index in [1.54, 1.807) is 6.07 Å². The number of aliphatic hydroxyl groups excluding tert-OH is 1. The van der Waals surface area contributed by atoms with Crippen molar-refractivity contribution in [1.29, 1.82) is 0 Å². The monoisotopic (exact) mass is 303 g/mol. The molecule has 2 N–H and O–H groups in total. The number of nitrogens with one attached hydrogen (secondary N) is 1. The fourth-order valence-corrected chi connectivity index (χ4v) is 1.72. The van der Waals surface area contributed by atoms with Crippen LogP contribution < -0.4 is 5.32 Å². The molecule has 0 atom stereocenters. The first-order valence-corrected chi connectivity index (χ1v) is 6.37. The smallest absolute Gasteiger partial charge is 0.254 e. The van der Waals surface area contributed by atoms with Gasteiger partial charge in [0.2, 0.25) is 0 Å². The Hall–Kier alpha value is -0.810. The van der Waals surface area contributed by atoms with Gasteiger partial charge in [0.05, 0.1) is 5.56 Å². The molecule has 0 radical (unpaired) electrons. The normalized spacial score (nSPS) is 11.5. The lowest BCUT2D eigenvalue weighted by Gasteiger charge is -2.21. The molecule has 1 heterocycles. The quantitative estimate of drug-likeness (QED) is 0.794. The van der Waals surface area contributed by atoms with Crippen LogP contribution in [-0.4, -0.2) is 24.2 Å². The number of furan rings is 1. The molecule has 1 aromatic rings. The third-order valence-electron chi connectivity index (χ3n) is 2.57. The molecule has 1 aromatic heterocycles. The number of rotatable bonds is 6. The molecule has 17 heavy (non-hydrogen) atoms. The van der Waals surface area contributed by atoms with Gasteiger partial charge in [-0.2, -0.15) is 0 Å². The maximum absolute atomic E-state index is 11.6. The van der Waals surface area contributed by atoms with E-state index in [2.05, 4.69) is 21.2 Å². The number of hydrogen-bond acceptors (Lipinski definition) is 3. The van der Waals surface area contributed by atoms with Gasteiger partial charge in [-0.3, -0.25) is 4.79 Å². The van der Waals surface area contributed by atoms with Crippen LogP contribution in [0.1, 0.15) is 37.0 Å². The molecule has 1 rings (SSSR count). The van der Waals surface area contributed by atoms with Crippen LogP contribution in [0.4, 0.5) is 0 Å². The van der Waals surface area contributed by atoms with Crippen molar-refractivity contribution < 1.29 is 14.3 Å². The summed E-state index contributed by atoms with van der Waals surface area (Å²) in [7, 11) is 0. The van der Waals surface area contributed by atoms with Gasteiger partial charge in [-0.25, -0.2) is 0 Å². The van der Waals surface area contributed by atoms with Gasteiger partial charge in [-0.05, 0) is 34.2 Å². The van der Waals surface area contributed by atoms with Crippen molar-refractivity contribution in [3.05, 3.63) is 22.6 Å². The van der Waals surface area contributed by atoms with Gasteiger partial charge in [-0.1, -0.05) is 13.8 Å². The molecule has 0 unspecified atom stereocenters. The maximum Gasteiger partial charge on any atom is 0.254 e. The van der Waals surface area contributed by atoms with Gasteiger partial charge in [0.15, 0.2) is 4.67 Å². The highest BCUT2D eigenvalue weighted by Gasteiger charge is 2.16. The number of halogens is 1. The van der Waals surface area contributed by atoms with Crippen LogP contribution in [0.5, 0.6) is 0 Å². The van der Waals surface area contributed by atoms with E-state index < -0.39 is 0 Å². The van der Waals surface area contributed by atoms with E-state index in [-0.39, 0.29) is 17.9 Å². The fourth-order valence-electron chi connectivity index (χ4n) is 1.38. The zero-order chi connectivity index (χ0) is 12.9. The van der Waals surface area contributed by atoms with Gasteiger partial charge >= 0.3 is 0 Å². The Morgan fingerprint density at radius 3 is 2.82 bits per heavy atom. The molecule has 0 spiro atoms. The Morgan fingerprint density at radius 2 is 2.29 bits per heavy atom. The number of carbonyl (C=O) groups is 1. The third-order valence-corrected chi connectivity index (χ3v) is 2.99. The predicted molar refractivity (Wildman–Crippen MR) is 68.8 cm³/mol. The van der Waals surface area contributed by atoms with Crippen molar-refractivity contribution in [3.63, 3.8) is 0 Å². The van der Waals surface area contributed by atoms with E-state index in [1.807, 2.05) is 13.8 Å². The topological polar surface area (TPSA) is 62.5 Å². The standard InChI is InChI=1S/C12H18BrNO3/c1-12(2,8-15)4-3-5-14-11(16)9-6-10(13)17-7-9/h6-7,15H,3-5,8H2,1-2H3,(H,14,16). The summed E-state index contributed by atoms with van der Waals surface area (Å²) < 4.78 is 5.53. The average molecular weight is 304 g/mol. The third kappa shape index (κ3) is 4.91. The second kappa shape index (κ2) is 6.21. The Kier molecular flexibility index (Phi) is 5.21. The second-order valence-electron chi connectivity index (χ2n) is 4.82. The van der Waals surface area contributed by atoms with Crippen LogP contribution in [0, 0.1) is 5.41 Å². The summed E-state index contributed by atoms with van der Waals surface area (Å²) >= 11 is 3.14. The number of amides is 1. The lowest BCUT2D eigenvalue weighted by molar-refractivity contribution is 0.0948. The van der Waals surface area contributed by atoms with Crippen molar-refractivity contribution in [1.82, 2.24) is 5.32 Å². The minimum Gasteiger partial charge on any atom is -0.457 e. The molecule has 0 aliphatic rings. The molecule has 4 nitrogen and oxygen atoms in total. The Bertz CT molecular complexity index is 374. The Labute approximate surface area is 110 Å². The molecule has 96 valence electrons. The van der Waals surface area contributed by atoms with Crippen LogP contribution in [0.25, 0.3) is 0 Å². The van der Waals surface area contributed by atoms with Crippen LogP contribution >= 0.6 is 15.9 Å². The average Bonchev–Trinajstić information content (AvgIpc) is 2.71. The molecule has 0 fully saturated rings. The summed E-state index contributed by atoms with van der Waals surface area (Å²) in [6.45, 7) is 4.77. The van der Waals surface area contributed by atoms with E-state index in [4.69, 9.17) is 9.52 Å². The van der Waals surface area contributed by atoms with Gasteiger partial charge in [0.1, 0.15) is 6.26 Å². The lowest BCUT2D eigenvalue weighted by atomic mass is 9.89. The molecular formula is C12H18BrNO3. The van der Waals surface area contributed by atoms with Crippen LogP contribution in [0.3, 0.4) is 0 Å². The van der Waals surface area contributed by atoms with Crippen LogP contribution in [0.2, 0.25) is 0 Å². The van der Waals surface area contributed by atoms with E-state index in [0.29, 0.717) is 16.8 Å². The molecular weight excluding hydrogens is 286 g/mol. The van der Waals surface area contributed by atoms with Crippen LogP contribution in [-0.2, 0) is 0 Å². The van der Waals surface area contributed by atoms with E-state index in [0.717, 1.165) is 12.8 Å². The maximum atomic E-state index is 11.6. The summed E-state index contributed by atoms with van der Waals surface area (Å²) in [6.07, 6.45) is 3.13. The summed E-state index contributed by atoms with van der Waals surface area (Å²) in [5, 5.41) is 11.9. The molecule has 0 aromatic carbocycles. The van der Waals surface area contributed by atoms with E-state index in [1.165, 1.54) is 6.26 Å². The van der Waals surface area contributed by atoms with Crippen molar-refractivity contribution in [2.24, 2.45) is 5.41 Å². The molecule has 0 saturated heterocycles. The van der Waals surface area contributed by atoms with Gasteiger partial charge in [-0.15, -0.1) is 0 Å². The molecule has 1 amide bonds. The minimum atomic E-state index is -0.138. The first kappa shape index (κ1) is 14.3. The molecule has 0 aliphatic carbocycles. The second-order valence-corrected chi connectivity index (χ2v) is 5.60. The lowest BCUT2D eigenvalue weighted by Crippen LogP contribution is -2.26. The van der Waals surface area contributed by atoms with E-state index >= 15 is 0 Å². The molecule has 0 bridgehead atoms. The molecule has 0 aliphatic heterocycles. The zero-order valence-electron chi connectivity index (χ0n) is 10.1. The highest BCUT2D eigenvalue weighted by molar-refractivity contribution is 9.10. The van der Waals surface area contributed by atoms with E-state index in [9.17, 15) is 4.79 Å². The number of carbonyl (C=O) groups excluding carboxylic acids is 1. The summed E-state index contributed by atoms with van der Waals surface area (Å²) in [6, 6.07) is 1.63.